The molecule has 0 aliphatic carbocycles. The number of thiophene rings is 1. The molecule has 0 spiro atoms. The third-order valence-electron chi connectivity index (χ3n) is 2.59. The van der Waals surface area contributed by atoms with E-state index < -0.39 is 0 Å². The summed E-state index contributed by atoms with van der Waals surface area (Å²) in [7, 11) is 3.53. The third-order valence-corrected chi connectivity index (χ3v) is 3.69. The number of nitrogens with zero attached hydrogens (tertiary/aromatic N) is 2. The number of rotatable bonds is 3. The third kappa shape index (κ3) is 1.76. The van der Waals surface area contributed by atoms with E-state index in [0.717, 1.165) is 21.9 Å². The van der Waals surface area contributed by atoms with Crippen LogP contribution in [0.1, 0.15) is 16.3 Å². The van der Waals surface area contributed by atoms with Gasteiger partial charge in [0, 0.05) is 19.0 Å². The predicted molar refractivity (Wildman–Crippen MR) is 67.1 cm³/mol. The van der Waals surface area contributed by atoms with E-state index >= 15 is 0 Å². The molecule has 4 nitrogen and oxygen atoms in total. The zero-order valence-corrected chi connectivity index (χ0v) is 10.7. The molecule has 2 aromatic rings. The van der Waals surface area contributed by atoms with Gasteiger partial charge in [0.25, 0.3) is 0 Å². The number of aryl methyl sites for hydroxylation is 2. The fraction of sp³-hybridized carbons (Fsp3) is 0.455. The minimum Gasteiger partial charge on any atom is -0.377 e. The van der Waals surface area contributed by atoms with Gasteiger partial charge < -0.3 is 10.1 Å². The Hall–Kier alpha value is -1.20. The lowest BCUT2D eigenvalue weighted by Crippen LogP contribution is -2.01. The Morgan fingerprint density at radius 2 is 2.06 bits per heavy atom. The molecule has 86 valence electrons. The molecule has 0 amide bonds. The zero-order chi connectivity index (χ0) is 11.7. The molecule has 0 saturated carbocycles. The van der Waals surface area contributed by atoms with E-state index in [1.165, 1.54) is 10.4 Å². The molecule has 2 aromatic heterocycles. The maximum atomic E-state index is 5.07. The van der Waals surface area contributed by atoms with Crippen molar-refractivity contribution in [3.63, 3.8) is 0 Å². The first kappa shape index (κ1) is 11.3. The number of fused-ring (bicyclic) bond motifs is 1. The number of hydrogen-bond acceptors (Lipinski definition) is 5. The molecule has 2 heterocycles. The normalized spacial score (nSPS) is 11.0. The van der Waals surface area contributed by atoms with Crippen LogP contribution in [0.4, 0.5) is 5.82 Å². The lowest BCUT2D eigenvalue weighted by atomic mass is 10.2. The largest absolute Gasteiger partial charge is 0.377 e. The Bertz CT molecular complexity index is 521. The van der Waals surface area contributed by atoms with Gasteiger partial charge in [0.1, 0.15) is 17.3 Å². The second-order valence-corrected chi connectivity index (χ2v) is 4.84. The Morgan fingerprint density at radius 3 is 2.69 bits per heavy atom. The summed E-state index contributed by atoms with van der Waals surface area (Å²) in [5.41, 5.74) is 1.26. The van der Waals surface area contributed by atoms with Crippen LogP contribution in [0.25, 0.3) is 10.2 Å². The molecule has 0 unspecified atom stereocenters. The van der Waals surface area contributed by atoms with Crippen LogP contribution in [0, 0.1) is 13.8 Å². The van der Waals surface area contributed by atoms with E-state index in [-0.39, 0.29) is 0 Å². The van der Waals surface area contributed by atoms with Gasteiger partial charge in [0.05, 0.1) is 5.39 Å². The van der Waals surface area contributed by atoms with E-state index in [0.29, 0.717) is 6.61 Å². The molecule has 5 heteroatoms. The van der Waals surface area contributed by atoms with Crippen LogP contribution < -0.4 is 5.32 Å². The zero-order valence-electron chi connectivity index (χ0n) is 9.92. The summed E-state index contributed by atoms with van der Waals surface area (Å²) in [6.07, 6.45) is 0. The minimum atomic E-state index is 0.445. The molecule has 16 heavy (non-hydrogen) atoms. The monoisotopic (exact) mass is 237 g/mol. The van der Waals surface area contributed by atoms with Gasteiger partial charge in [-0.15, -0.1) is 11.3 Å². The molecule has 2 rings (SSSR count). The Balaban J connectivity index is 2.68. The molecule has 0 aliphatic heterocycles. The maximum absolute atomic E-state index is 5.07. The number of ether oxygens (including phenoxy) is 1. The number of anilines is 1. The highest BCUT2D eigenvalue weighted by Crippen LogP contribution is 2.32. The van der Waals surface area contributed by atoms with Gasteiger partial charge in [-0.1, -0.05) is 0 Å². The first-order valence-electron chi connectivity index (χ1n) is 5.10. The van der Waals surface area contributed by atoms with Crippen molar-refractivity contribution >= 4 is 27.4 Å². The average Bonchev–Trinajstić information content (AvgIpc) is 2.54. The molecule has 0 bridgehead atoms. The quantitative estimate of drug-likeness (QED) is 0.891. The van der Waals surface area contributed by atoms with E-state index in [9.17, 15) is 0 Å². The SMILES string of the molecule is CNc1nc(COC)nc2sc(C)c(C)c12. The van der Waals surface area contributed by atoms with Crippen molar-refractivity contribution in [2.45, 2.75) is 20.5 Å². The topological polar surface area (TPSA) is 47.0 Å². The summed E-state index contributed by atoms with van der Waals surface area (Å²) >= 11 is 1.70. The van der Waals surface area contributed by atoms with Crippen molar-refractivity contribution in [2.75, 3.05) is 19.5 Å². The van der Waals surface area contributed by atoms with Crippen LogP contribution in [-0.4, -0.2) is 24.1 Å². The fourth-order valence-electron chi connectivity index (χ4n) is 1.67. The van der Waals surface area contributed by atoms with Crippen molar-refractivity contribution in [2.24, 2.45) is 0 Å². The van der Waals surface area contributed by atoms with Crippen molar-refractivity contribution < 1.29 is 4.74 Å². The highest BCUT2D eigenvalue weighted by atomic mass is 32.1. The van der Waals surface area contributed by atoms with Crippen LogP contribution >= 0.6 is 11.3 Å². The van der Waals surface area contributed by atoms with Crippen LogP contribution in [0.2, 0.25) is 0 Å². The Labute approximate surface area is 98.7 Å². The van der Waals surface area contributed by atoms with E-state index in [2.05, 4.69) is 29.1 Å². The van der Waals surface area contributed by atoms with Gasteiger partial charge >= 0.3 is 0 Å². The van der Waals surface area contributed by atoms with E-state index in [4.69, 9.17) is 4.74 Å². The summed E-state index contributed by atoms with van der Waals surface area (Å²) in [5.74, 6) is 1.61. The lowest BCUT2D eigenvalue weighted by molar-refractivity contribution is 0.178. The molecule has 1 N–H and O–H groups in total. The highest BCUT2D eigenvalue weighted by molar-refractivity contribution is 7.18. The average molecular weight is 237 g/mol. The van der Waals surface area contributed by atoms with Crippen molar-refractivity contribution in [3.05, 3.63) is 16.3 Å². The highest BCUT2D eigenvalue weighted by Gasteiger charge is 2.13. The maximum Gasteiger partial charge on any atom is 0.158 e. The first-order chi connectivity index (χ1) is 7.67. The van der Waals surface area contributed by atoms with E-state index in [1.807, 2.05) is 7.05 Å². The standard InChI is InChI=1S/C11H15N3OS/c1-6-7(2)16-11-9(6)10(12-3)13-8(14-11)5-15-4/h5H2,1-4H3,(H,12,13,14). The second-order valence-electron chi connectivity index (χ2n) is 3.63. The molecule has 0 aliphatic rings. The second kappa shape index (κ2) is 4.35. The van der Waals surface area contributed by atoms with Crippen molar-refractivity contribution in [1.29, 1.82) is 0 Å². The number of hydrogen-bond donors (Lipinski definition) is 1. The van der Waals surface area contributed by atoms with Crippen molar-refractivity contribution in [3.8, 4) is 0 Å². The summed E-state index contributed by atoms with van der Waals surface area (Å²) in [5, 5.41) is 4.25. The van der Waals surface area contributed by atoms with Gasteiger partial charge in [-0.25, -0.2) is 9.97 Å². The molecule has 0 fully saturated rings. The lowest BCUT2D eigenvalue weighted by Gasteiger charge is -2.05. The van der Waals surface area contributed by atoms with Crippen LogP contribution in [0.15, 0.2) is 0 Å². The van der Waals surface area contributed by atoms with Crippen molar-refractivity contribution in [1.82, 2.24) is 9.97 Å². The molecule has 0 aromatic carbocycles. The Morgan fingerprint density at radius 1 is 1.31 bits per heavy atom. The number of methoxy groups -OCH3 is 1. The fourth-order valence-corrected chi connectivity index (χ4v) is 2.72. The molecular weight excluding hydrogens is 222 g/mol. The first-order valence-corrected chi connectivity index (χ1v) is 5.92. The molecule has 0 radical (unpaired) electrons. The van der Waals surface area contributed by atoms with Gasteiger partial charge in [0.15, 0.2) is 5.82 Å². The number of aromatic nitrogens is 2. The van der Waals surface area contributed by atoms with Crippen LogP contribution in [-0.2, 0) is 11.3 Å². The molecule has 0 saturated heterocycles. The van der Waals surface area contributed by atoms with Gasteiger partial charge in [0.2, 0.25) is 0 Å². The van der Waals surface area contributed by atoms with Crippen LogP contribution in [0.3, 0.4) is 0 Å². The smallest absolute Gasteiger partial charge is 0.158 e. The molecular formula is C11H15N3OS. The van der Waals surface area contributed by atoms with Gasteiger partial charge in [-0.3, -0.25) is 0 Å². The predicted octanol–water partition coefficient (Wildman–Crippen LogP) is 2.50. The summed E-state index contributed by atoms with van der Waals surface area (Å²) in [4.78, 5) is 11.3. The minimum absolute atomic E-state index is 0.445. The van der Waals surface area contributed by atoms with Crippen LogP contribution in [0.5, 0.6) is 0 Å². The number of nitrogens with one attached hydrogen (secondary N) is 1. The Kier molecular flexibility index (Phi) is 3.07. The molecule has 0 atom stereocenters. The summed E-state index contributed by atoms with van der Waals surface area (Å²) in [6.45, 7) is 4.66. The summed E-state index contributed by atoms with van der Waals surface area (Å²) in [6, 6.07) is 0. The van der Waals surface area contributed by atoms with Gasteiger partial charge in [-0.05, 0) is 19.4 Å². The summed E-state index contributed by atoms with van der Waals surface area (Å²) < 4.78 is 5.07. The van der Waals surface area contributed by atoms with E-state index in [1.54, 1.807) is 18.4 Å². The van der Waals surface area contributed by atoms with Gasteiger partial charge in [-0.2, -0.15) is 0 Å².